The van der Waals surface area contributed by atoms with Crippen molar-refractivity contribution >= 4 is 21.9 Å². The summed E-state index contributed by atoms with van der Waals surface area (Å²) in [6, 6.07) is 3.52. The van der Waals surface area contributed by atoms with E-state index >= 15 is 0 Å². The maximum absolute atomic E-state index is 11.6. The van der Waals surface area contributed by atoms with Gasteiger partial charge in [-0.15, -0.1) is 0 Å². The van der Waals surface area contributed by atoms with E-state index in [2.05, 4.69) is 27.8 Å². The van der Waals surface area contributed by atoms with Gasteiger partial charge in [-0.05, 0) is 43.5 Å². The van der Waals surface area contributed by atoms with Crippen molar-refractivity contribution in [3.63, 3.8) is 0 Å². The number of nitrogens with zero attached hydrogens (tertiary/aromatic N) is 1. The van der Waals surface area contributed by atoms with Crippen LogP contribution < -0.4 is 9.47 Å². The molecule has 2 unspecified atom stereocenters. The first kappa shape index (κ1) is 19.1. The van der Waals surface area contributed by atoms with Gasteiger partial charge >= 0.3 is 5.97 Å². The predicted octanol–water partition coefficient (Wildman–Crippen LogP) is 4.25. The predicted molar refractivity (Wildman–Crippen MR) is 96.9 cm³/mol. The van der Waals surface area contributed by atoms with Crippen molar-refractivity contribution in [2.75, 3.05) is 20.8 Å². The van der Waals surface area contributed by atoms with Crippen molar-refractivity contribution in [1.82, 2.24) is 4.90 Å². The van der Waals surface area contributed by atoms with Crippen LogP contribution in [0, 0.1) is 0 Å². The maximum atomic E-state index is 11.6. The third-order valence-electron chi connectivity index (χ3n) is 4.67. The highest BCUT2D eigenvalue weighted by Gasteiger charge is 2.36. The molecule has 2 atom stereocenters. The van der Waals surface area contributed by atoms with E-state index in [1.165, 1.54) is 0 Å². The molecule has 1 aromatic rings. The van der Waals surface area contributed by atoms with E-state index < -0.39 is 12.0 Å². The van der Waals surface area contributed by atoms with Crippen molar-refractivity contribution in [2.24, 2.45) is 0 Å². The highest BCUT2D eigenvalue weighted by Crippen LogP contribution is 2.41. The standard InChI is InChI=1S/C18H26BrNO4/c1-4-5-7-14(20-9-6-8-15(20)18(21)22)12-10-16(23-2)17(24-3)11-13(12)19/h10-11,14-15H,4-9H2,1-3H3,(H,21,22). The summed E-state index contributed by atoms with van der Waals surface area (Å²) in [5.74, 6) is 0.604. The summed E-state index contributed by atoms with van der Waals surface area (Å²) in [5.41, 5.74) is 1.06. The van der Waals surface area contributed by atoms with Crippen LogP contribution in [0.3, 0.4) is 0 Å². The summed E-state index contributed by atoms with van der Waals surface area (Å²) in [4.78, 5) is 13.8. The molecule has 0 spiro atoms. The van der Waals surface area contributed by atoms with Crippen LogP contribution in [0.5, 0.6) is 11.5 Å². The number of methoxy groups -OCH3 is 2. The van der Waals surface area contributed by atoms with Gasteiger partial charge in [0.2, 0.25) is 0 Å². The lowest BCUT2D eigenvalue weighted by Crippen LogP contribution is -2.39. The zero-order chi connectivity index (χ0) is 17.7. The fourth-order valence-electron chi connectivity index (χ4n) is 3.45. The van der Waals surface area contributed by atoms with Crippen molar-refractivity contribution in [3.05, 3.63) is 22.2 Å². The Morgan fingerprint density at radius 2 is 2.04 bits per heavy atom. The van der Waals surface area contributed by atoms with E-state index in [4.69, 9.17) is 9.47 Å². The third kappa shape index (κ3) is 4.03. The summed E-state index contributed by atoms with van der Waals surface area (Å²) >= 11 is 3.64. The summed E-state index contributed by atoms with van der Waals surface area (Å²) in [7, 11) is 3.23. The van der Waals surface area contributed by atoms with Crippen LogP contribution in [0.4, 0.5) is 0 Å². The van der Waals surface area contributed by atoms with Gasteiger partial charge in [-0.25, -0.2) is 0 Å². The van der Waals surface area contributed by atoms with Gasteiger partial charge < -0.3 is 14.6 Å². The van der Waals surface area contributed by atoms with Crippen molar-refractivity contribution in [1.29, 1.82) is 0 Å². The normalized spacial score (nSPS) is 19.2. The van der Waals surface area contributed by atoms with Gasteiger partial charge in [0.05, 0.1) is 14.2 Å². The van der Waals surface area contributed by atoms with Crippen LogP contribution in [-0.4, -0.2) is 42.8 Å². The Hall–Kier alpha value is -1.27. The molecular weight excluding hydrogens is 374 g/mol. The Balaban J connectivity index is 2.42. The second-order valence-corrected chi connectivity index (χ2v) is 6.98. The molecule has 1 aliphatic rings. The number of benzene rings is 1. The molecule has 0 radical (unpaired) electrons. The molecule has 0 aromatic heterocycles. The van der Waals surface area contributed by atoms with Crippen LogP contribution in [0.2, 0.25) is 0 Å². The number of aliphatic carboxylic acids is 1. The van der Waals surface area contributed by atoms with Crippen LogP contribution in [0.25, 0.3) is 0 Å². The number of carboxylic acids is 1. The number of hydrogen-bond acceptors (Lipinski definition) is 4. The molecule has 1 aliphatic heterocycles. The van der Waals surface area contributed by atoms with Crippen LogP contribution in [0.15, 0.2) is 16.6 Å². The fraction of sp³-hybridized carbons (Fsp3) is 0.611. The summed E-state index contributed by atoms with van der Waals surface area (Å²) in [5, 5.41) is 9.56. The first-order valence-electron chi connectivity index (χ1n) is 8.43. The number of carboxylic acid groups (broad SMARTS) is 1. The van der Waals surface area contributed by atoms with Gasteiger partial charge in [-0.3, -0.25) is 9.69 Å². The zero-order valence-electron chi connectivity index (χ0n) is 14.5. The highest BCUT2D eigenvalue weighted by molar-refractivity contribution is 9.10. The molecule has 0 saturated carbocycles. The average Bonchev–Trinajstić information content (AvgIpc) is 3.05. The Kier molecular flexibility index (Phi) is 6.92. The lowest BCUT2D eigenvalue weighted by Gasteiger charge is -2.32. The molecule has 2 rings (SSSR count). The first-order valence-corrected chi connectivity index (χ1v) is 9.22. The van der Waals surface area contributed by atoms with Gasteiger partial charge in [-0.2, -0.15) is 0 Å². The van der Waals surface area contributed by atoms with Crippen LogP contribution in [-0.2, 0) is 4.79 Å². The van der Waals surface area contributed by atoms with Crippen molar-refractivity contribution in [2.45, 2.75) is 51.1 Å². The smallest absolute Gasteiger partial charge is 0.320 e. The molecule has 1 heterocycles. The zero-order valence-corrected chi connectivity index (χ0v) is 16.1. The summed E-state index contributed by atoms with van der Waals surface area (Å²) in [6.45, 7) is 2.96. The number of halogens is 1. The molecule has 1 saturated heterocycles. The quantitative estimate of drug-likeness (QED) is 0.707. The Bertz CT molecular complexity index is 578. The van der Waals surface area contributed by atoms with Gasteiger partial charge in [0.1, 0.15) is 6.04 Å². The minimum atomic E-state index is -0.731. The molecule has 5 nitrogen and oxygen atoms in total. The molecule has 6 heteroatoms. The van der Waals surface area contributed by atoms with E-state index in [-0.39, 0.29) is 6.04 Å². The largest absolute Gasteiger partial charge is 0.493 e. The number of ether oxygens (including phenoxy) is 2. The number of unbranched alkanes of at least 4 members (excludes halogenated alkanes) is 1. The van der Waals surface area contributed by atoms with Gasteiger partial charge in [-0.1, -0.05) is 35.7 Å². The number of carbonyl (C=O) groups is 1. The molecule has 0 bridgehead atoms. The van der Waals surface area contributed by atoms with Crippen LogP contribution in [0.1, 0.15) is 50.6 Å². The van der Waals surface area contributed by atoms with Crippen molar-refractivity contribution < 1.29 is 19.4 Å². The summed E-state index contributed by atoms with van der Waals surface area (Å²) < 4.78 is 11.7. The summed E-state index contributed by atoms with van der Waals surface area (Å²) in [6.07, 6.45) is 4.68. The Morgan fingerprint density at radius 3 is 2.62 bits per heavy atom. The number of rotatable bonds is 8. The monoisotopic (exact) mass is 399 g/mol. The molecule has 134 valence electrons. The minimum absolute atomic E-state index is 0.0581. The highest BCUT2D eigenvalue weighted by atomic mass is 79.9. The van der Waals surface area contributed by atoms with E-state index in [1.807, 2.05) is 12.1 Å². The molecule has 1 N–H and O–H groups in total. The van der Waals surface area contributed by atoms with Crippen LogP contribution >= 0.6 is 15.9 Å². The minimum Gasteiger partial charge on any atom is -0.493 e. The van der Waals surface area contributed by atoms with E-state index in [1.54, 1.807) is 14.2 Å². The molecule has 24 heavy (non-hydrogen) atoms. The lowest BCUT2D eigenvalue weighted by molar-refractivity contribution is -0.143. The SMILES string of the molecule is CCCCC(c1cc(OC)c(OC)cc1Br)N1CCCC1C(=O)O. The Labute approximate surface area is 152 Å². The second kappa shape index (κ2) is 8.72. The van der Waals surface area contributed by atoms with Gasteiger partial charge in [0, 0.05) is 10.5 Å². The molecule has 0 aliphatic carbocycles. The average molecular weight is 400 g/mol. The number of hydrogen-bond donors (Lipinski definition) is 1. The Morgan fingerprint density at radius 1 is 1.38 bits per heavy atom. The second-order valence-electron chi connectivity index (χ2n) is 6.12. The van der Waals surface area contributed by atoms with E-state index in [0.29, 0.717) is 17.9 Å². The molecule has 1 fully saturated rings. The fourth-order valence-corrected chi connectivity index (χ4v) is 4.04. The van der Waals surface area contributed by atoms with Gasteiger partial charge in [0.15, 0.2) is 11.5 Å². The van der Waals surface area contributed by atoms with Gasteiger partial charge in [0.25, 0.3) is 0 Å². The molecule has 1 aromatic carbocycles. The van der Waals surface area contributed by atoms with E-state index in [9.17, 15) is 9.90 Å². The maximum Gasteiger partial charge on any atom is 0.320 e. The van der Waals surface area contributed by atoms with E-state index in [0.717, 1.165) is 42.3 Å². The molecular formula is C18H26BrNO4. The lowest BCUT2D eigenvalue weighted by atomic mass is 9.98. The molecule has 0 amide bonds. The third-order valence-corrected chi connectivity index (χ3v) is 5.36. The number of likely N-dealkylation sites (tertiary alicyclic amines) is 1. The van der Waals surface area contributed by atoms with Crippen molar-refractivity contribution in [3.8, 4) is 11.5 Å². The first-order chi connectivity index (χ1) is 11.5. The topological polar surface area (TPSA) is 59.0 Å².